The molecule has 2 aromatic rings. The van der Waals surface area contributed by atoms with Crippen LogP contribution in [0.1, 0.15) is 47.3 Å². The smallest absolute Gasteiger partial charge is 0.251 e. The summed E-state index contributed by atoms with van der Waals surface area (Å²) in [4.78, 5) is 37.4. The second kappa shape index (κ2) is 8.16. The maximum Gasteiger partial charge on any atom is 0.251 e. The lowest BCUT2D eigenvalue weighted by atomic mass is 10.1. The second-order valence-electron chi connectivity index (χ2n) is 7.11. The molecule has 0 unspecified atom stereocenters. The first-order chi connectivity index (χ1) is 13.6. The molecule has 1 aliphatic heterocycles. The Morgan fingerprint density at radius 1 is 1.00 bits per heavy atom. The maximum atomic E-state index is 12.5. The molecule has 1 N–H and O–H groups in total. The molecule has 0 radical (unpaired) electrons. The number of carbonyl (C=O) groups excluding carboxylic acids is 3. The van der Waals surface area contributed by atoms with E-state index in [1.165, 1.54) is 17.0 Å². The van der Waals surface area contributed by atoms with Crippen LogP contribution in [-0.4, -0.2) is 37.3 Å². The molecule has 1 heterocycles. The van der Waals surface area contributed by atoms with Gasteiger partial charge in [-0.3, -0.25) is 19.3 Å². The van der Waals surface area contributed by atoms with E-state index in [4.69, 9.17) is 0 Å². The average Bonchev–Trinajstić information content (AvgIpc) is 3.00. The molecule has 0 aromatic heterocycles. The molecule has 3 amide bonds. The molecular weight excluding hydrogens is 392 g/mol. The standard InChI is InChI=1S/C21H22N2O5S/c1-14(16-7-9-18(10-8-16)29(2,27)28)22-21(26)17-5-3-15(4-6-17)13-23-19(24)11-12-20(23)25/h3-10,14H,11-13H2,1-2H3,(H,22,26)/t14-/m1/s1. The quantitative estimate of drug-likeness (QED) is 0.731. The number of amides is 3. The van der Waals surface area contributed by atoms with Crippen molar-refractivity contribution in [2.24, 2.45) is 0 Å². The van der Waals surface area contributed by atoms with Gasteiger partial charge in [0.2, 0.25) is 11.8 Å². The van der Waals surface area contributed by atoms with Gasteiger partial charge in [0.25, 0.3) is 5.91 Å². The highest BCUT2D eigenvalue weighted by molar-refractivity contribution is 7.90. The van der Waals surface area contributed by atoms with Crippen molar-refractivity contribution in [1.82, 2.24) is 10.2 Å². The predicted octanol–water partition coefficient (Wildman–Crippen LogP) is 2.23. The summed E-state index contributed by atoms with van der Waals surface area (Å²) in [7, 11) is -3.26. The zero-order valence-corrected chi connectivity index (χ0v) is 17.0. The van der Waals surface area contributed by atoms with Crippen LogP contribution in [0.15, 0.2) is 53.4 Å². The lowest BCUT2D eigenvalue weighted by molar-refractivity contribution is -0.139. The number of carbonyl (C=O) groups is 3. The van der Waals surface area contributed by atoms with Gasteiger partial charge in [-0.05, 0) is 42.3 Å². The Bertz CT molecular complexity index is 1030. The van der Waals surface area contributed by atoms with Crippen molar-refractivity contribution in [3.8, 4) is 0 Å². The fourth-order valence-electron chi connectivity index (χ4n) is 3.11. The van der Waals surface area contributed by atoms with Crippen molar-refractivity contribution in [1.29, 1.82) is 0 Å². The first-order valence-corrected chi connectivity index (χ1v) is 11.1. The van der Waals surface area contributed by atoms with E-state index >= 15 is 0 Å². The lowest BCUT2D eigenvalue weighted by Gasteiger charge is -2.16. The fraction of sp³-hybridized carbons (Fsp3) is 0.286. The van der Waals surface area contributed by atoms with Crippen LogP contribution in [-0.2, 0) is 26.0 Å². The van der Waals surface area contributed by atoms with Crippen molar-refractivity contribution in [3.05, 3.63) is 65.2 Å². The molecule has 1 atom stereocenters. The predicted molar refractivity (Wildman–Crippen MR) is 107 cm³/mol. The summed E-state index contributed by atoms with van der Waals surface area (Å²) >= 11 is 0. The van der Waals surface area contributed by atoms with Crippen LogP contribution >= 0.6 is 0 Å². The number of nitrogens with zero attached hydrogens (tertiary/aromatic N) is 1. The van der Waals surface area contributed by atoms with Crippen LogP contribution in [0.4, 0.5) is 0 Å². The number of rotatable bonds is 6. The molecule has 3 rings (SSSR count). The van der Waals surface area contributed by atoms with Crippen molar-refractivity contribution >= 4 is 27.6 Å². The molecule has 0 spiro atoms. The molecule has 1 saturated heterocycles. The number of benzene rings is 2. The molecule has 29 heavy (non-hydrogen) atoms. The summed E-state index contributed by atoms with van der Waals surface area (Å²) in [6.07, 6.45) is 1.65. The highest BCUT2D eigenvalue weighted by atomic mass is 32.2. The van der Waals surface area contributed by atoms with Crippen LogP contribution in [0.25, 0.3) is 0 Å². The number of nitrogens with one attached hydrogen (secondary N) is 1. The zero-order valence-electron chi connectivity index (χ0n) is 16.2. The Hall–Kier alpha value is -3.00. The molecule has 1 fully saturated rings. The number of likely N-dealkylation sites (tertiary alicyclic amines) is 1. The van der Waals surface area contributed by atoms with E-state index in [9.17, 15) is 22.8 Å². The average molecular weight is 414 g/mol. The maximum absolute atomic E-state index is 12.5. The van der Waals surface area contributed by atoms with Crippen LogP contribution in [0, 0.1) is 0 Å². The van der Waals surface area contributed by atoms with Crippen LogP contribution in [0.5, 0.6) is 0 Å². The van der Waals surface area contributed by atoms with Gasteiger partial charge in [-0.15, -0.1) is 0 Å². The van der Waals surface area contributed by atoms with Gasteiger partial charge in [0.1, 0.15) is 0 Å². The summed E-state index contributed by atoms with van der Waals surface area (Å²) in [6, 6.07) is 12.8. The minimum Gasteiger partial charge on any atom is -0.346 e. The molecule has 2 aromatic carbocycles. The Kier molecular flexibility index (Phi) is 5.83. The summed E-state index contributed by atoms with van der Waals surface area (Å²) < 4.78 is 23.1. The van der Waals surface area contributed by atoms with Gasteiger partial charge < -0.3 is 5.32 Å². The summed E-state index contributed by atoms with van der Waals surface area (Å²) in [6.45, 7) is 2.02. The van der Waals surface area contributed by atoms with Gasteiger partial charge in [-0.25, -0.2) is 8.42 Å². The van der Waals surface area contributed by atoms with Crippen molar-refractivity contribution in [3.63, 3.8) is 0 Å². The van der Waals surface area contributed by atoms with E-state index in [2.05, 4.69) is 5.32 Å². The minimum absolute atomic E-state index is 0.174. The van der Waals surface area contributed by atoms with E-state index in [-0.39, 0.29) is 48.0 Å². The normalized spacial score (nSPS) is 15.4. The largest absolute Gasteiger partial charge is 0.346 e. The molecular formula is C21H22N2O5S. The van der Waals surface area contributed by atoms with Gasteiger partial charge in [0.05, 0.1) is 17.5 Å². The van der Waals surface area contributed by atoms with Crippen LogP contribution in [0.2, 0.25) is 0 Å². The first kappa shape index (κ1) is 20.7. The molecule has 8 heteroatoms. The molecule has 7 nitrogen and oxygen atoms in total. The van der Waals surface area contributed by atoms with Crippen molar-refractivity contribution in [2.45, 2.75) is 37.2 Å². The van der Waals surface area contributed by atoms with E-state index in [0.29, 0.717) is 5.56 Å². The molecule has 0 aliphatic carbocycles. The summed E-state index contributed by atoms with van der Waals surface area (Å²) in [5, 5.41) is 2.87. The zero-order chi connectivity index (χ0) is 21.2. The third-order valence-corrected chi connectivity index (χ3v) is 6.00. The topological polar surface area (TPSA) is 101 Å². The van der Waals surface area contributed by atoms with Gasteiger partial charge in [-0.2, -0.15) is 0 Å². The van der Waals surface area contributed by atoms with Gasteiger partial charge in [0.15, 0.2) is 9.84 Å². The Morgan fingerprint density at radius 2 is 1.55 bits per heavy atom. The fourth-order valence-corrected chi connectivity index (χ4v) is 3.74. The van der Waals surface area contributed by atoms with Gasteiger partial charge in [-0.1, -0.05) is 24.3 Å². The Morgan fingerprint density at radius 3 is 2.07 bits per heavy atom. The van der Waals surface area contributed by atoms with E-state index in [1.807, 2.05) is 6.92 Å². The summed E-state index contributed by atoms with van der Waals surface area (Å²) in [5.74, 6) is -0.621. The lowest BCUT2D eigenvalue weighted by Crippen LogP contribution is -2.28. The van der Waals surface area contributed by atoms with E-state index in [1.54, 1.807) is 36.4 Å². The van der Waals surface area contributed by atoms with E-state index in [0.717, 1.165) is 17.4 Å². The van der Waals surface area contributed by atoms with Crippen molar-refractivity contribution < 1.29 is 22.8 Å². The molecule has 1 aliphatic rings. The number of hydrogen-bond donors (Lipinski definition) is 1. The second-order valence-corrected chi connectivity index (χ2v) is 9.12. The molecule has 152 valence electrons. The Labute approximate surface area is 169 Å². The van der Waals surface area contributed by atoms with Gasteiger partial charge >= 0.3 is 0 Å². The third-order valence-electron chi connectivity index (χ3n) is 4.87. The minimum atomic E-state index is -3.26. The molecule has 0 saturated carbocycles. The number of sulfone groups is 1. The Balaban J connectivity index is 1.63. The highest BCUT2D eigenvalue weighted by Gasteiger charge is 2.28. The van der Waals surface area contributed by atoms with Gasteiger partial charge in [0, 0.05) is 24.7 Å². The highest BCUT2D eigenvalue weighted by Crippen LogP contribution is 2.18. The first-order valence-electron chi connectivity index (χ1n) is 9.18. The molecule has 0 bridgehead atoms. The van der Waals surface area contributed by atoms with Crippen molar-refractivity contribution in [2.75, 3.05) is 6.26 Å². The number of imide groups is 1. The van der Waals surface area contributed by atoms with Crippen LogP contribution in [0.3, 0.4) is 0 Å². The summed E-state index contributed by atoms with van der Waals surface area (Å²) in [5.41, 5.74) is 2.01. The van der Waals surface area contributed by atoms with E-state index < -0.39 is 9.84 Å². The number of hydrogen-bond acceptors (Lipinski definition) is 5. The monoisotopic (exact) mass is 414 g/mol. The SMILES string of the molecule is C[C@@H](NC(=O)c1ccc(CN2C(=O)CCC2=O)cc1)c1ccc(S(C)(=O)=O)cc1. The third kappa shape index (κ3) is 4.89. The van der Waals surface area contributed by atoms with Crippen LogP contribution < -0.4 is 5.32 Å².